The van der Waals surface area contributed by atoms with Crippen molar-refractivity contribution in [1.29, 1.82) is 0 Å². The predicted molar refractivity (Wildman–Crippen MR) is 73.3 cm³/mol. The third-order valence-corrected chi connectivity index (χ3v) is 3.36. The minimum atomic E-state index is -0.211. The van der Waals surface area contributed by atoms with Gasteiger partial charge in [-0.3, -0.25) is 4.79 Å². The molecule has 0 spiro atoms. The number of carbonyl (C=O) groups excluding carboxylic acids is 1. The van der Waals surface area contributed by atoms with Crippen LogP contribution in [0.5, 0.6) is 0 Å². The molecule has 1 atom stereocenters. The van der Waals surface area contributed by atoms with Crippen molar-refractivity contribution in [3.05, 3.63) is 58.8 Å². The summed E-state index contributed by atoms with van der Waals surface area (Å²) in [6, 6.07) is 11.8. The smallest absolute Gasteiger partial charge is 0.307 e. The van der Waals surface area contributed by atoms with Crippen LogP contribution in [0.1, 0.15) is 18.0 Å². The standard InChI is InChI=1S/C14H14BrNO2/c1-18-14(17)10-13(16-8-2-3-9-16)11-4-6-12(15)7-5-11/h2-9,13H,10H2,1H3/t13-/m1/s1. The van der Waals surface area contributed by atoms with E-state index in [4.69, 9.17) is 4.74 Å². The van der Waals surface area contributed by atoms with Crippen LogP contribution in [0, 0.1) is 0 Å². The second-order valence-corrected chi connectivity index (χ2v) is 4.89. The zero-order chi connectivity index (χ0) is 13.0. The van der Waals surface area contributed by atoms with Crippen molar-refractivity contribution >= 4 is 21.9 Å². The maximum Gasteiger partial charge on any atom is 0.307 e. The molecule has 0 radical (unpaired) electrons. The Bertz CT molecular complexity index is 505. The Morgan fingerprint density at radius 2 is 1.89 bits per heavy atom. The van der Waals surface area contributed by atoms with Crippen LogP contribution in [0.4, 0.5) is 0 Å². The number of esters is 1. The number of halogens is 1. The lowest BCUT2D eigenvalue weighted by atomic mass is 10.0. The molecule has 0 aliphatic heterocycles. The highest BCUT2D eigenvalue weighted by molar-refractivity contribution is 9.10. The number of ether oxygens (including phenoxy) is 1. The molecular weight excluding hydrogens is 294 g/mol. The van der Waals surface area contributed by atoms with E-state index in [9.17, 15) is 4.79 Å². The van der Waals surface area contributed by atoms with Gasteiger partial charge in [-0.2, -0.15) is 0 Å². The highest BCUT2D eigenvalue weighted by atomic mass is 79.9. The van der Waals surface area contributed by atoms with Crippen molar-refractivity contribution in [3.8, 4) is 0 Å². The third kappa shape index (κ3) is 3.01. The van der Waals surface area contributed by atoms with Gasteiger partial charge >= 0.3 is 5.97 Å². The van der Waals surface area contributed by atoms with E-state index in [-0.39, 0.29) is 12.0 Å². The monoisotopic (exact) mass is 307 g/mol. The Kier molecular flexibility index (Phi) is 4.20. The first kappa shape index (κ1) is 12.9. The van der Waals surface area contributed by atoms with E-state index in [2.05, 4.69) is 15.9 Å². The molecule has 0 amide bonds. The quantitative estimate of drug-likeness (QED) is 0.811. The molecule has 3 nitrogen and oxygen atoms in total. The number of aromatic nitrogens is 1. The first-order valence-electron chi connectivity index (χ1n) is 5.65. The average molecular weight is 308 g/mol. The molecule has 2 rings (SSSR count). The summed E-state index contributed by atoms with van der Waals surface area (Å²) in [6.07, 6.45) is 4.23. The summed E-state index contributed by atoms with van der Waals surface area (Å²) in [5.74, 6) is -0.211. The van der Waals surface area contributed by atoms with Crippen LogP contribution in [0.3, 0.4) is 0 Å². The number of hydrogen-bond donors (Lipinski definition) is 0. The average Bonchev–Trinajstić information content (AvgIpc) is 2.90. The lowest BCUT2D eigenvalue weighted by molar-refractivity contribution is -0.141. The Hall–Kier alpha value is -1.55. The molecule has 4 heteroatoms. The van der Waals surface area contributed by atoms with Crippen molar-refractivity contribution in [2.45, 2.75) is 12.5 Å². The molecule has 0 fully saturated rings. The van der Waals surface area contributed by atoms with E-state index < -0.39 is 0 Å². The summed E-state index contributed by atoms with van der Waals surface area (Å²) in [5.41, 5.74) is 1.08. The molecule has 0 aliphatic carbocycles. The molecule has 94 valence electrons. The highest BCUT2D eigenvalue weighted by Gasteiger charge is 2.17. The van der Waals surface area contributed by atoms with Gasteiger partial charge in [-0.15, -0.1) is 0 Å². The number of nitrogens with zero attached hydrogens (tertiary/aromatic N) is 1. The lowest BCUT2D eigenvalue weighted by Crippen LogP contribution is -2.15. The van der Waals surface area contributed by atoms with E-state index in [1.165, 1.54) is 7.11 Å². The van der Waals surface area contributed by atoms with Crippen molar-refractivity contribution in [3.63, 3.8) is 0 Å². The molecule has 18 heavy (non-hydrogen) atoms. The van der Waals surface area contributed by atoms with E-state index in [0.29, 0.717) is 6.42 Å². The number of carbonyl (C=O) groups is 1. The van der Waals surface area contributed by atoms with Crippen molar-refractivity contribution in [1.82, 2.24) is 4.57 Å². The predicted octanol–water partition coefficient (Wildman–Crippen LogP) is 3.40. The molecule has 0 saturated heterocycles. The molecule has 0 saturated carbocycles. The van der Waals surface area contributed by atoms with Crippen LogP contribution in [-0.2, 0) is 9.53 Å². The first-order valence-corrected chi connectivity index (χ1v) is 6.44. The van der Waals surface area contributed by atoms with Gasteiger partial charge < -0.3 is 9.30 Å². The van der Waals surface area contributed by atoms with Crippen molar-refractivity contribution in [2.75, 3.05) is 7.11 Å². The SMILES string of the molecule is COC(=O)C[C@H](c1ccc(Br)cc1)n1cccc1. The summed E-state index contributed by atoms with van der Waals surface area (Å²) in [6.45, 7) is 0. The van der Waals surface area contributed by atoms with Crippen LogP contribution in [0.15, 0.2) is 53.3 Å². The Labute approximate surface area is 115 Å². The molecular formula is C14H14BrNO2. The van der Waals surface area contributed by atoms with Crippen LogP contribution in [-0.4, -0.2) is 17.6 Å². The van der Waals surface area contributed by atoms with Gasteiger partial charge in [-0.1, -0.05) is 28.1 Å². The van der Waals surface area contributed by atoms with Gasteiger partial charge in [0.25, 0.3) is 0 Å². The zero-order valence-electron chi connectivity index (χ0n) is 10.0. The molecule has 1 aromatic heterocycles. The van der Waals surface area contributed by atoms with Gasteiger partial charge in [-0.25, -0.2) is 0 Å². The highest BCUT2D eigenvalue weighted by Crippen LogP contribution is 2.24. The maximum atomic E-state index is 11.5. The maximum absolute atomic E-state index is 11.5. The molecule has 0 N–H and O–H groups in total. The number of methoxy groups -OCH3 is 1. The fraction of sp³-hybridized carbons (Fsp3) is 0.214. The first-order chi connectivity index (χ1) is 8.70. The van der Waals surface area contributed by atoms with Gasteiger partial charge in [0.15, 0.2) is 0 Å². The topological polar surface area (TPSA) is 31.2 Å². The number of hydrogen-bond acceptors (Lipinski definition) is 2. The third-order valence-electron chi connectivity index (χ3n) is 2.83. The Morgan fingerprint density at radius 3 is 2.44 bits per heavy atom. The molecule has 0 unspecified atom stereocenters. The van der Waals surface area contributed by atoms with Gasteiger partial charge in [0.05, 0.1) is 19.6 Å². The minimum absolute atomic E-state index is 0.0273. The summed E-state index contributed by atoms with van der Waals surface area (Å²) < 4.78 is 7.80. The van der Waals surface area contributed by atoms with Crippen LogP contribution < -0.4 is 0 Å². The molecule has 1 heterocycles. The van der Waals surface area contributed by atoms with E-state index in [1.807, 2.05) is 53.4 Å². The minimum Gasteiger partial charge on any atom is -0.469 e. The van der Waals surface area contributed by atoms with Crippen molar-refractivity contribution < 1.29 is 9.53 Å². The van der Waals surface area contributed by atoms with E-state index in [1.54, 1.807) is 0 Å². The van der Waals surface area contributed by atoms with Crippen LogP contribution >= 0.6 is 15.9 Å². The zero-order valence-corrected chi connectivity index (χ0v) is 11.6. The normalized spacial score (nSPS) is 12.1. The fourth-order valence-electron chi connectivity index (χ4n) is 1.88. The molecule has 0 bridgehead atoms. The largest absolute Gasteiger partial charge is 0.469 e. The number of rotatable bonds is 4. The van der Waals surface area contributed by atoms with Gasteiger partial charge in [0, 0.05) is 16.9 Å². The van der Waals surface area contributed by atoms with Gasteiger partial charge in [0.1, 0.15) is 0 Å². The van der Waals surface area contributed by atoms with Crippen molar-refractivity contribution in [2.24, 2.45) is 0 Å². The van der Waals surface area contributed by atoms with Crippen LogP contribution in [0.2, 0.25) is 0 Å². The van der Waals surface area contributed by atoms with Crippen LogP contribution in [0.25, 0.3) is 0 Å². The number of benzene rings is 1. The molecule has 0 aliphatic rings. The summed E-state index contributed by atoms with van der Waals surface area (Å²) in [7, 11) is 1.41. The summed E-state index contributed by atoms with van der Waals surface area (Å²) in [4.78, 5) is 11.5. The van der Waals surface area contributed by atoms with Gasteiger partial charge in [0.2, 0.25) is 0 Å². The second-order valence-electron chi connectivity index (χ2n) is 3.98. The van der Waals surface area contributed by atoms with Gasteiger partial charge in [-0.05, 0) is 29.8 Å². The van der Waals surface area contributed by atoms with E-state index in [0.717, 1.165) is 10.0 Å². The second kappa shape index (κ2) is 5.87. The van der Waals surface area contributed by atoms with E-state index >= 15 is 0 Å². The Balaban J connectivity index is 2.30. The molecule has 1 aromatic carbocycles. The summed E-state index contributed by atoms with van der Waals surface area (Å²) in [5, 5.41) is 0. The molecule has 2 aromatic rings. The fourth-order valence-corrected chi connectivity index (χ4v) is 2.14. The Morgan fingerprint density at radius 1 is 1.28 bits per heavy atom. The summed E-state index contributed by atoms with van der Waals surface area (Å²) >= 11 is 3.41. The lowest BCUT2D eigenvalue weighted by Gasteiger charge is -2.18.